The molecule has 0 saturated heterocycles. The second-order valence-electron chi connectivity index (χ2n) is 10.7. The third-order valence-electron chi connectivity index (χ3n) is 6.96. The molecule has 0 spiro atoms. The van der Waals surface area contributed by atoms with Crippen molar-refractivity contribution >= 4 is 23.3 Å². The molecule has 0 radical (unpaired) electrons. The van der Waals surface area contributed by atoms with Gasteiger partial charge in [0.1, 0.15) is 11.6 Å². The molecule has 0 saturated carbocycles. The van der Waals surface area contributed by atoms with E-state index in [1.165, 1.54) is 42.0 Å². The van der Waals surface area contributed by atoms with Crippen molar-refractivity contribution < 1.29 is 27.8 Å². The predicted molar refractivity (Wildman–Crippen MR) is 186 cm³/mol. The molecule has 47 heavy (non-hydrogen) atoms. The smallest absolute Gasteiger partial charge is 0.335 e. The van der Waals surface area contributed by atoms with Crippen LogP contribution in [-0.2, 0) is 19.1 Å². The van der Waals surface area contributed by atoms with Gasteiger partial charge in [-0.25, -0.2) is 18.4 Å². The fraction of sp³-hybridized carbons (Fsp3) is 0.231. The monoisotopic (exact) mass is 642 g/mol. The van der Waals surface area contributed by atoms with Gasteiger partial charge in [0.25, 0.3) is 0 Å². The largest absolute Gasteiger partial charge is 0.463 e. The van der Waals surface area contributed by atoms with Crippen LogP contribution in [0.15, 0.2) is 121 Å². The first kappa shape index (κ1) is 37.9. The Morgan fingerprint density at radius 3 is 1.51 bits per heavy atom. The lowest BCUT2D eigenvalue weighted by molar-refractivity contribution is -0.139. The van der Waals surface area contributed by atoms with Crippen molar-refractivity contribution in [3.8, 4) is 0 Å². The third-order valence-corrected chi connectivity index (χ3v) is 6.96. The standard InChI is InChI=1S/C19H20FNO2.C14H18O2.C6H6FN/c1-4-23-19(22)14(3)18(15-7-5-13(2)6-8-15)21-17-11-9-16(20)10-12-17;1-5-16-14(15)12(4)11(3)13-8-6-10(2)7-9-13;7-5-1-3-6(8)4-2-5/h5-12,18,21H,3-4H2,1-2H3;6-9,11H,4-5H2,1-3H3;1-4H,8H2/t18-;;/m1../s1. The van der Waals surface area contributed by atoms with Gasteiger partial charge in [-0.3, -0.25) is 0 Å². The molecule has 0 amide bonds. The molecule has 0 aromatic heterocycles. The number of carbonyl (C=O) groups excluding carboxylic acids is 2. The SMILES string of the molecule is C=C(C(=O)OCC)C(C)c1ccc(C)cc1.C=C(C(=O)OCC)[C@@H](Nc1ccc(F)cc1)c1ccc(C)cc1.Nc1ccc(F)cc1. The van der Waals surface area contributed by atoms with Crippen LogP contribution in [0.3, 0.4) is 0 Å². The summed E-state index contributed by atoms with van der Waals surface area (Å²) in [6.45, 7) is 17.9. The minimum Gasteiger partial charge on any atom is -0.463 e. The quantitative estimate of drug-likeness (QED) is 0.102. The summed E-state index contributed by atoms with van der Waals surface area (Å²) in [5, 5.41) is 3.21. The number of esters is 2. The van der Waals surface area contributed by atoms with E-state index in [1.807, 2.05) is 69.3 Å². The van der Waals surface area contributed by atoms with E-state index < -0.39 is 12.0 Å². The van der Waals surface area contributed by atoms with Gasteiger partial charge in [-0.05, 0) is 87.4 Å². The summed E-state index contributed by atoms with van der Waals surface area (Å²) in [4.78, 5) is 23.6. The van der Waals surface area contributed by atoms with Gasteiger partial charge >= 0.3 is 11.9 Å². The van der Waals surface area contributed by atoms with Crippen molar-refractivity contribution in [2.75, 3.05) is 24.3 Å². The van der Waals surface area contributed by atoms with Crippen LogP contribution in [0.25, 0.3) is 0 Å². The maximum Gasteiger partial charge on any atom is 0.335 e. The van der Waals surface area contributed by atoms with E-state index in [0.717, 1.165) is 16.7 Å². The molecule has 0 aliphatic carbocycles. The number of hydrogen-bond donors (Lipinski definition) is 2. The van der Waals surface area contributed by atoms with Gasteiger partial charge in [0.05, 0.1) is 24.8 Å². The molecular weight excluding hydrogens is 598 g/mol. The van der Waals surface area contributed by atoms with Gasteiger partial charge in [0.15, 0.2) is 0 Å². The minimum absolute atomic E-state index is 0.000324. The summed E-state index contributed by atoms with van der Waals surface area (Å²) in [7, 11) is 0. The Labute approximate surface area is 276 Å². The van der Waals surface area contributed by atoms with Crippen molar-refractivity contribution in [1.82, 2.24) is 0 Å². The number of aryl methyl sites for hydroxylation is 2. The van der Waals surface area contributed by atoms with E-state index in [4.69, 9.17) is 15.2 Å². The Morgan fingerprint density at radius 2 is 1.09 bits per heavy atom. The zero-order valence-electron chi connectivity index (χ0n) is 27.7. The number of benzene rings is 4. The first-order valence-corrected chi connectivity index (χ1v) is 15.2. The van der Waals surface area contributed by atoms with E-state index in [2.05, 4.69) is 18.5 Å². The molecule has 1 unspecified atom stereocenters. The van der Waals surface area contributed by atoms with Crippen LogP contribution in [0.1, 0.15) is 55.0 Å². The lowest BCUT2D eigenvalue weighted by atomic mass is 9.93. The first-order chi connectivity index (χ1) is 22.4. The fourth-order valence-corrected chi connectivity index (χ4v) is 4.10. The maximum absolute atomic E-state index is 13.1. The first-order valence-electron chi connectivity index (χ1n) is 15.2. The zero-order chi connectivity index (χ0) is 34.9. The van der Waals surface area contributed by atoms with E-state index in [0.29, 0.717) is 29.1 Å². The van der Waals surface area contributed by atoms with Crippen LogP contribution in [0.4, 0.5) is 20.2 Å². The Balaban J connectivity index is 0.000000275. The number of nitrogen functional groups attached to an aromatic ring is 1. The molecule has 4 aromatic carbocycles. The number of anilines is 2. The molecule has 4 aromatic rings. The average molecular weight is 643 g/mol. The highest BCUT2D eigenvalue weighted by Crippen LogP contribution is 2.27. The van der Waals surface area contributed by atoms with Crippen molar-refractivity contribution in [3.05, 3.63) is 155 Å². The van der Waals surface area contributed by atoms with Gasteiger partial charge in [-0.1, -0.05) is 79.7 Å². The van der Waals surface area contributed by atoms with Crippen molar-refractivity contribution in [2.24, 2.45) is 0 Å². The lowest BCUT2D eigenvalue weighted by Crippen LogP contribution is -2.20. The topological polar surface area (TPSA) is 90.7 Å². The van der Waals surface area contributed by atoms with Crippen molar-refractivity contribution in [2.45, 2.75) is 46.6 Å². The second kappa shape index (κ2) is 19.3. The van der Waals surface area contributed by atoms with Crippen molar-refractivity contribution in [3.63, 3.8) is 0 Å². The van der Waals surface area contributed by atoms with E-state index in [-0.39, 0.29) is 30.1 Å². The summed E-state index contributed by atoms with van der Waals surface area (Å²) >= 11 is 0. The van der Waals surface area contributed by atoms with Gasteiger partial charge < -0.3 is 20.5 Å². The van der Waals surface area contributed by atoms with Crippen LogP contribution >= 0.6 is 0 Å². The molecule has 0 fully saturated rings. The summed E-state index contributed by atoms with van der Waals surface area (Å²) in [5.74, 6) is -1.33. The molecule has 0 aliphatic heterocycles. The summed E-state index contributed by atoms with van der Waals surface area (Å²) in [5.41, 5.74) is 11.7. The predicted octanol–water partition coefficient (Wildman–Crippen LogP) is 9.03. The Kier molecular flexibility index (Phi) is 15.6. The Hall–Kier alpha value is -5.24. The van der Waals surface area contributed by atoms with Crippen LogP contribution in [0.2, 0.25) is 0 Å². The molecule has 8 heteroatoms. The normalized spacial score (nSPS) is 11.3. The average Bonchev–Trinajstić information content (AvgIpc) is 3.06. The highest BCUT2D eigenvalue weighted by atomic mass is 19.1. The van der Waals surface area contributed by atoms with Crippen LogP contribution < -0.4 is 11.1 Å². The number of rotatable bonds is 10. The maximum atomic E-state index is 13.1. The van der Waals surface area contributed by atoms with Crippen LogP contribution in [0, 0.1) is 25.5 Å². The van der Waals surface area contributed by atoms with Gasteiger partial charge in [0.2, 0.25) is 0 Å². The number of nitrogens with one attached hydrogen (secondary N) is 1. The summed E-state index contributed by atoms with van der Waals surface area (Å²) in [6, 6.07) is 27.1. The van der Waals surface area contributed by atoms with E-state index in [9.17, 15) is 18.4 Å². The molecule has 2 atom stereocenters. The molecular formula is C39H44F2N2O4. The number of hydrogen-bond acceptors (Lipinski definition) is 6. The van der Waals surface area contributed by atoms with Crippen molar-refractivity contribution in [1.29, 1.82) is 0 Å². The van der Waals surface area contributed by atoms with Crippen LogP contribution in [0.5, 0.6) is 0 Å². The Morgan fingerprint density at radius 1 is 0.681 bits per heavy atom. The lowest BCUT2D eigenvalue weighted by Gasteiger charge is -2.22. The number of nitrogens with two attached hydrogens (primary N) is 1. The molecule has 4 rings (SSSR count). The number of carbonyl (C=O) groups is 2. The second-order valence-corrected chi connectivity index (χ2v) is 10.7. The fourth-order valence-electron chi connectivity index (χ4n) is 4.10. The molecule has 0 aliphatic rings. The van der Waals surface area contributed by atoms with Gasteiger partial charge in [0, 0.05) is 22.9 Å². The zero-order valence-corrected chi connectivity index (χ0v) is 27.7. The van der Waals surface area contributed by atoms with Gasteiger partial charge in [-0.15, -0.1) is 0 Å². The highest BCUT2D eigenvalue weighted by Gasteiger charge is 2.22. The minimum atomic E-state index is -0.451. The molecule has 0 bridgehead atoms. The van der Waals surface area contributed by atoms with Crippen LogP contribution in [-0.4, -0.2) is 25.2 Å². The third kappa shape index (κ3) is 13.0. The summed E-state index contributed by atoms with van der Waals surface area (Å²) in [6.07, 6.45) is 0. The molecule has 6 nitrogen and oxygen atoms in total. The Bertz CT molecular complexity index is 1560. The highest BCUT2D eigenvalue weighted by molar-refractivity contribution is 5.90. The summed E-state index contributed by atoms with van der Waals surface area (Å²) < 4.78 is 35.1. The molecule has 3 N–H and O–H groups in total. The number of halogens is 2. The van der Waals surface area contributed by atoms with E-state index in [1.54, 1.807) is 26.0 Å². The number of ether oxygens (including phenoxy) is 2. The molecule has 248 valence electrons. The molecule has 0 heterocycles. The van der Waals surface area contributed by atoms with E-state index >= 15 is 0 Å². The van der Waals surface area contributed by atoms with Gasteiger partial charge in [-0.2, -0.15) is 0 Å².